The average Bonchev–Trinajstić information content (AvgIpc) is 2.55. The monoisotopic (exact) mass is 315 g/mol. The third-order valence-corrected chi connectivity index (χ3v) is 3.67. The van der Waals surface area contributed by atoms with Crippen molar-refractivity contribution in [2.45, 2.75) is 18.1 Å². The normalized spacial score (nSPS) is 17.4. The van der Waals surface area contributed by atoms with Crippen molar-refractivity contribution in [1.29, 1.82) is 0 Å². The first-order valence-electron chi connectivity index (χ1n) is 5.10. The summed E-state index contributed by atoms with van der Waals surface area (Å²) >= 11 is 0. The van der Waals surface area contributed by atoms with E-state index in [1.54, 1.807) is 0 Å². The lowest BCUT2D eigenvalue weighted by Crippen LogP contribution is -2.25. The molecule has 110 valence electrons. The summed E-state index contributed by atoms with van der Waals surface area (Å²) in [6.07, 6.45) is -1.24. The van der Waals surface area contributed by atoms with E-state index in [0.717, 1.165) is 0 Å². The minimum Gasteiger partial charge on any atom is -0.287 e. The van der Waals surface area contributed by atoms with E-state index in [2.05, 4.69) is 0 Å². The highest BCUT2D eigenvalue weighted by atomic mass is 32.2. The van der Waals surface area contributed by atoms with Crippen molar-refractivity contribution >= 4 is 21.5 Å². The number of rotatable bonds is 3. The topological polar surface area (TPSA) is 63.2 Å². The molecule has 1 aromatic carbocycles. The van der Waals surface area contributed by atoms with Gasteiger partial charge < -0.3 is 0 Å². The minimum absolute atomic E-state index is 0.622. The molecule has 0 spiro atoms. The Bertz CT molecular complexity index is 686. The number of alkyl halides is 4. The van der Waals surface area contributed by atoms with Crippen LogP contribution in [0.2, 0.25) is 0 Å². The van der Waals surface area contributed by atoms with Crippen LogP contribution in [0.1, 0.15) is 15.9 Å². The first-order valence-corrected chi connectivity index (χ1v) is 6.64. The van der Waals surface area contributed by atoms with E-state index in [4.69, 9.17) is 0 Å². The van der Waals surface area contributed by atoms with Crippen molar-refractivity contribution in [3.05, 3.63) is 29.1 Å². The van der Waals surface area contributed by atoms with Gasteiger partial charge in [0, 0.05) is 12.0 Å². The number of benzene rings is 1. The smallest absolute Gasteiger partial charge is 0.287 e. The lowest BCUT2D eigenvalue weighted by molar-refractivity contribution is 0.0166. The van der Waals surface area contributed by atoms with Gasteiger partial charge in [0.05, 0.1) is 11.3 Å². The molecular formula is C10H6F5NO3S. The maximum Gasteiger partial charge on any atom is 0.355 e. The van der Waals surface area contributed by atoms with Crippen LogP contribution in [0.3, 0.4) is 0 Å². The van der Waals surface area contributed by atoms with Gasteiger partial charge in [-0.3, -0.25) is 9.52 Å². The Morgan fingerprint density at radius 3 is 2.40 bits per heavy atom. The molecule has 0 unspecified atom stereocenters. The van der Waals surface area contributed by atoms with Crippen LogP contribution in [0.15, 0.2) is 12.1 Å². The van der Waals surface area contributed by atoms with Gasteiger partial charge in [-0.05, 0) is 12.1 Å². The molecule has 0 bridgehead atoms. The zero-order valence-corrected chi connectivity index (χ0v) is 10.3. The summed E-state index contributed by atoms with van der Waals surface area (Å²) in [5.41, 5.74) is -2.41. The molecule has 1 aliphatic rings. The molecule has 4 nitrogen and oxygen atoms in total. The van der Waals surface area contributed by atoms with Gasteiger partial charge in [0.1, 0.15) is 5.82 Å². The second-order valence-corrected chi connectivity index (χ2v) is 5.72. The minimum atomic E-state index is -5.15. The molecule has 2 rings (SSSR count). The van der Waals surface area contributed by atoms with E-state index in [1.807, 2.05) is 0 Å². The van der Waals surface area contributed by atoms with E-state index in [-0.39, 0.29) is 0 Å². The number of ketones is 1. The zero-order valence-electron chi connectivity index (χ0n) is 9.46. The number of hydrogen-bond donors (Lipinski definition) is 1. The fraction of sp³-hybridized carbons (Fsp3) is 0.300. The molecule has 0 aliphatic heterocycles. The molecule has 0 saturated carbocycles. The van der Waals surface area contributed by atoms with Crippen LogP contribution in [-0.4, -0.2) is 25.9 Å². The van der Waals surface area contributed by atoms with Crippen molar-refractivity contribution in [3.63, 3.8) is 0 Å². The number of hydrogen-bond acceptors (Lipinski definition) is 3. The molecule has 0 amide bonds. The summed E-state index contributed by atoms with van der Waals surface area (Å²) in [5, 5.41) is 0. The predicted molar refractivity (Wildman–Crippen MR) is 57.9 cm³/mol. The zero-order chi connectivity index (χ0) is 15.3. The highest BCUT2D eigenvalue weighted by Crippen LogP contribution is 2.39. The fourth-order valence-corrected chi connectivity index (χ4v) is 2.39. The molecule has 0 atom stereocenters. The molecule has 0 heterocycles. The largest absolute Gasteiger partial charge is 0.355 e. The summed E-state index contributed by atoms with van der Waals surface area (Å²) in [5.74, 6) is -10.7. The summed E-state index contributed by atoms with van der Waals surface area (Å²) in [6, 6.07) is 1.27. The summed E-state index contributed by atoms with van der Waals surface area (Å²) in [7, 11) is -5.15. The number of carbonyl (C=O) groups is 1. The number of carbonyl (C=O) groups excluding carboxylic acids is 1. The van der Waals surface area contributed by atoms with E-state index in [9.17, 15) is 35.2 Å². The lowest BCUT2D eigenvalue weighted by atomic mass is 10.1. The summed E-state index contributed by atoms with van der Waals surface area (Å²) < 4.78 is 87.6. The number of sulfonamides is 1. The maximum absolute atomic E-state index is 13.4. The third kappa shape index (κ3) is 2.23. The second kappa shape index (κ2) is 4.40. The van der Waals surface area contributed by atoms with Gasteiger partial charge in [-0.25, -0.2) is 12.8 Å². The molecule has 0 aromatic heterocycles. The van der Waals surface area contributed by atoms with Gasteiger partial charge in [-0.1, -0.05) is 0 Å². The van der Waals surface area contributed by atoms with Crippen LogP contribution in [-0.2, 0) is 16.4 Å². The van der Waals surface area contributed by atoms with E-state index in [1.165, 1.54) is 4.72 Å². The maximum atomic E-state index is 13.4. The van der Waals surface area contributed by atoms with Crippen molar-refractivity contribution in [2.24, 2.45) is 0 Å². The number of Topliss-reactive ketones (excluding diaryl/α,β-unsaturated/α-hetero) is 1. The second-order valence-electron chi connectivity index (χ2n) is 4.07. The first kappa shape index (κ1) is 14.7. The SMILES string of the molecule is O=C1c2c(NS(=O)(=O)C(F)F)ccc(F)c2CC1(F)F. The third-order valence-electron chi connectivity index (χ3n) is 2.70. The van der Waals surface area contributed by atoms with Crippen LogP contribution in [0, 0.1) is 5.82 Å². The Morgan fingerprint density at radius 2 is 1.85 bits per heavy atom. The van der Waals surface area contributed by atoms with Gasteiger partial charge in [0.15, 0.2) is 0 Å². The Balaban J connectivity index is 2.56. The molecule has 0 fully saturated rings. The molecule has 1 N–H and O–H groups in total. The molecule has 10 heteroatoms. The Labute approximate surface area is 109 Å². The number of anilines is 1. The van der Waals surface area contributed by atoms with Crippen LogP contribution in [0.25, 0.3) is 0 Å². The quantitative estimate of drug-likeness (QED) is 0.870. The number of fused-ring (bicyclic) bond motifs is 1. The Kier molecular flexibility index (Phi) is 3.23. The van der Waals surface area contributed by atoms with Crippen molar-refractivity contribution < 1.29 is 35.2 Å². The fourth-order valence-electron chi connectivity index (χ4n) is 1.82. The highest BCUT2D eigenvalue weighted by molar-refractivity contribution is 7.93. The molecule has 0 saturated heterocycles. The molecular weight excluding hydrogens is 309 g/mol. The van der Waals surface area contributed by atoms with Crippen LogP contribution >= 0.6 is 0 Å². The van der Waals surface area contributed by atoms with E-state index in [0.29, 0.717) is 12.1 Å². The van der Waals surface area contributed by atoms with Crippen LogP contribution in [0.4, 0.5) is 27.6 Å². The lowest BCUT2D eigenvalue weighted by Gasteiger charge is -2.11. The highest BCUT2D eigenvalue weighted by Gasteiger charge is 2.49. The van der Waals surface area contributed by atoms with Gasteiger partial charge in [0.2, 0.25) is 5.78 Å². The van der Waals surface area contributed by atoms with Gasteiger partial charge >= 0.3 is 11.7 Å². The number of nitrogens with one attached hydrogen (secondary N) is 1. The van der Waals surface area contributed by atoms with Gasteiger partial charge in [-0.2, -0.15) is 17.6 Å². The Morgan fingerprint density at radius 1 is 1.25 bits per heavy atom. The molecule has 0 radical (unpaired) electrons. The van der Waals surface area contributed by atoms with Gasteiger partial charge in [-0.15, -0.1) is 0 Å². The summed E-state index contributed by atoms with van der Waals surface area (Å²) in [6.45, 7) is 0. The van der Waals surface area contributed by atoms with E-state index >= 15 is 0 Å². The van der Waals surface area contributed by atoms with Crippen molar-refractivity contribution in [3.8, 4) is 0 Å². The standard InChI is InChI=1S/C10H6F5NO3S/c11-5-1-2-6(16-20(18,19)9(12)13)7-4(5)3-10(14,15)8(7)17/h1-2,9,16H,3H2. The first-order chi connectivity index (χ1) is 9.06. The molecule has 20 heavy (non-hydrogen) atoms. The predicted octanol–water partition coefficient (Wildman–Crippen LogP) is 2.16. The number of halogens is 5. The van der Waals surface area contributed by atoms with Crippen molar-refractivity contribution in [2.75, 3.05) is 4.72 Å². The average molecular weight is 315 g/mol. The van der Waals surface area contributed by atoms with Crippen molar-refractivity contribution in [1.82, 2.24) is 0 Å². The molecule has 1 aromatic rings. The van der Waals surface area contributed by atoms with E-state index < -0.39 is 56.5 Å². The van der Waals surface area contributed by atoms with Crippen LogP contribution in [0.5, 0.6) is 0 Å². The molecule has 1 aliphatic carbocycles. The Hall–Kier alpha value is -1.71. The summed E-state index contributed by atoms with van der Waals surface area (Å²) in [4.78, 5) is 11.4. The van der Waals surface area contributed by atoms with Crippen LogP contribution < -0.4 is 4.72 Å². The van der Waals surface area contributed by atoms with Gasteiger partial charge in [0.25, 0.3) is 10.0 Å².